The number of halogens is 1. The highest BCUT2D eigenvalue weighted by Gasteiger charge is 2.23. The zero-order valence-electron chi connectivity index (χ0n) is 17.3. The Morgan fingerprint density at radius 3 is 2.74 bits per heavy atom. The summed E-state index contributed by atoms with van der Waals surface area (Å²) in [5.41, 5.74) is 3.86. The van der Waals surface area contributed by atoms with Gasteiger partial charge >= 0.3 is 0 Å². The van der Waals surface area contributed by atoms with Crippen molar-refractivity contribution in [3.8, 4) is 22.5 Å². The van der Waals surface area contributed by atoms with Crippen molar-refractivity contribution in [2.75, 3.05) is 11.9 Å². The highest BCUT2D eigenvalue weighted by molar-refractivity contribution is 6.33. The zero-order chi connectivity index (χ0) is 21.6. The van der Waals surface area contributed by atoms with E-state index in [0.717, 1.165) is 47.0 Å². The van der Waals surface area contributed by atoms with Gasteiger partial charge in [-0.2, -0.15) is 4.98 Å². The molecule has 0 aromatic heterocycles. The molecule has 6 nitrogen and oxygen atoms in total. The van der Waals surface area contributed by atoms with Crippen LogP contribution in [0.15, 0.2) is 65.8 Å². The van der Waals surface area contributed by atoms with Crippen molar-refractivity contribution in [2.45, 2.75) is 26.0 Å². The average Bonchev–Trinajstić information content (AvgIpc) is 3.24. The van der Waals surface area contributed by atoms with E-state index in [9.17, 15) is 5.11 Å². The lowest BCUT2D eigenvalue weighted by molar-refractivity contribution is 0.0786. The quantitative estimate of drug-likeness (QED) is 0.497. The maximum atomic E-state index is 10.3. The minimum Gasteiger partial charge on any atom is -0.386 e. The Morgan fingerprint density at radius 1 is 1.10 bits per heavy atom. The summed E-state index contributed by atoms with van der Waals surface area (Å²) in [4.78, 5) is 13.8. The van der Waals surface area contributed by atoms with Crippen molar-refractivity contribution < 1.29 is 5.11 Å². The number of hydrogen-bond acceptors (Lipinski definition) is 5. The van der Waals surface area contributed by atoms with E-state index in [0.29, 0.717) is 16.3 Å². The molecular weight excluding hydrogens is 410 g/mol. The van der Waals surface area contributed by atoms with Gasteiger partial charge in [-0.3, -0.25) is 0 Å². The maximum absolute atomic E-state index is 10.3. The van der Waals surface area contributed by atoms with Crippen LogP contribution in [-0.2, 0) is 12.1 Å². The minimum atomic E-state index is -0.937. The molecule has 0 aliphatic carbocycles. The standard InChI is InChI=1S/C24H22ClN5O/c1-24(2,31)16-6-5-7-17(13-16)28-23-27-14-15-12-19(18-8-3-4-9-20(18)25)22-26-10-11-30(22)21(15)29-23/h3-9,12-14,26,31H,10-11H2,1-2H3. The Morgan fingerprint density at radius 2 is 1.94 bits per heavy atom. The zero-order valence-corrected chi connectivity index (χ0v) is 18.1. The predicted octanol–water partition coefficient (Wildman–Crippen LogP) is 4.59. The molecule has 3 heterocycles. The summed E-state index contributed by atoms with van der Waals surface area (Å²) in [5.74, 6) is 1.82. The van der Waals surface area contributed by atoms with Crippen LogP contribution in [0, 0.1) is 0 Å². The van der Waals surface area contributed by atoms with Gasteiger partial charge in [-0.05, 0) is 43.7 Å². The fraction of sp³-hybridized carbons (Fsp3) is 0.208. The molecule has 3 aliphatic rings. The lowest BCUT2D eigenvalue weighted by Crippen LogP contribution is -2.18. The van der Waals surface area contributed by atoms with Crippen LogP contribution in [0.5, 0.6) is 0 Å². The number of nitrogens with one attached hydrogen (secondary N) is 1. The molecule has 2 N–H and O–H groups in total. The smallest absolute Gasteiger partial charge is 0.251 e. The SMILES string of the molecule is CC(C)(O)c1cccc(N=c2ncc3cc(-c4ccccc4Cl)c4n(c-3n2)CCN4)c1. The third-order valence-corrected chi connectivity index (χ3v) is 5.77. The largest absolute Gasteiger partial charge is 0.386 e. The fourth-order valence-corrected chi connectivity index (χ4v) is 4.11. The second-order valence-electron chi connectivity index (χ2n) is 8.13. The molecule has 3 aliphatic heterocycles. The third-order valence-electron chi connectivity index (χ3n) is 5.44. The monoisotopic (exact) mass is 431 g/mol. The molecule has 0 spiro atoms. The molecule has 0 saturated carbocycles. The second-order valence-corrected chi connectivity index (χ2v) is 8.54. The summed E-state index contributed by atoms with van der Waals surface area (Å²) in [5, 5.41) is 14.4. The van der Waals surface area contributed by atoms with Gasteiger partial charge in [-0.25, -0.2) is 9.98 Å². The summed E-state index contributed by atoms with van der Waals surface area (Å²) >= 11 is 6.47. The van der Waals surface area contributed by atoms with Crippen LogP contribution in [0.1, 0.15) is 19.4 Å². The Labute approximate surface area is 185 Å². The minimum absolute atomic E-state index is 0.382. The van der Waals surface area contributed by atoms with E-state index in [1.54, 1.807) is 20.0 Å². The van der Waals surface area contributed by atoms with Crippen LogP contribution in [0.25, 0.3) is 22.5 Å². The van der Waals surface area contributed by atoms with E-state index in [1.165, 1.54) is 0 Å². The van der Waals surface area contributed by atoms with Crippen molar-refractivity contribution in [1.29, 1.82) is 0 Å². The maximum Gasteiger partial charge on any atom is 0.251 e. The van der Waals surface area contributed by atoms with E-state index in [4.69, 9.17) is 16.6 Å². The summed E-state index contributed by atoms with van der Waals surface area (Å²) < 4.78 is 2.15. The first-order valence-electron chi connectivity index (χ1n) is 10.2. The van der Waals surface area contributed by atoms with Gasteiger partial charge in [-0.15, -0.1) is 0 Å². The molecule has 156 valence electrons. The molecule has 0 amide bonds. The van der Waals surface area contributed by atoms with Crippen molar-refractivity contribution >= 4 is 23.1 Å². The summed E-state index contributed by atoms with van der Waals surface area (Å²) in [6.45, 7) is 5.12. The number of nitrogens with zero attached hydrogens (tertiary/aromatic N) is 4. The number of anilines is 1. The first-order valence-corrected chi connectivity index (χ1v) is 10.5. The second kappa shape index (κ2) is 7.48. The number of pyridine rings is 1. The van der Waals surface area contributed by atoms with Gasteiger partial charge in [0.15, 0.2) is 0 Å². The van der Waals surface area contributed by atoms with Crippen LogP contribution in [0.2, 0.25) is 5.02 Å². The van der Waals surface area contributed by atoms with Gasteiger partial charge in [0.25, 0.3) is 5.62 Å². The number of rotatable bonds is 3. The number of aliphatic hydroxyl groups is 1. The van der Waals surface area contributed by atoms with Gasteiger partial charge in [0, 0.05) is 41.0 Å². The van der Waals surface area contributed by atoms with E-state index in [2.05, 4.69) is 25.9 Å². The first kappa shape index (κ1) is 19.7. The molecular formula is C24H22ClN5O. The molecule has 0 fully saturated rings. The van der Waals surface area contributed by atoms with Crippen molar-refractivity contribution in [2.24, 2.45) is 4.99 Å². The summed E-state index contributed by atoms with van der Waals surface area (Å²) in [7, 11) is 0. The van der Waals surface area contributed by atoms with Crippen LogP contribution < -0.4 is 10.9 Å². The molecule has 2 aromatic carbocycles. The first-order chi connectivity index (χ1) is 14.9. The number of aromatic nitrogens is 3. The van der Waals surface area contributed by atoms with Gasteiger partial charge in [0.1, 0.15) is 11.6 Å². The van der Waals surface area contributed by atoms with E-state index in [1.807, 2.05) is 48.5 Å². The van der Waals surface area contributed by atoms with Gasteiger partial charge in [0.05, 0.1) is 11.3 Å². The highest BCUT2D eigenvalue weighted by Crippen LogP contribution is 2.39. The van der Waals surface area contributed by atoms with Gasteiger partial charge < -0.3 is 15.0 Å². The van der Waals surface area contributed by atoms with Gasteiger partial charge in [0.2, 0.25) is 0 Å². The lowest BCUT2D eigenvalue weighted by atomic mass is 9.98. The van der Waals surface area contributed by atoms with Crippen molar-refractivity contribution in [3.63, 3.8) is 0 Å². The number of benzene rings is 2. The van der Waals surface area contributed by atoms with Crippen molar-refractivity contribution in [1.82, 2.24) is 14.5 Å². The number of fused-ring (bicyclic) bond motifs is 3. The highest BCUT2D eigenvalue weighted by atomic mass is 35.5. The Bertz CT molecular complexity index is 1320. The van der Waals surface area contributed by atoms with E-state index in [-0.39, 0.29) is 0 Å². The van der Waals surface area contributed by atoms with Crippen LogP contribution in [-0.4, -0.2) is 26.2 Å². The van der Waals surface area contributed by atoms with Crippen LogP contribution in [0.4, 0.5) is 11.5 Å². The number of hydrogen-bond donors (Lipinski definition) is 2. The molecule has 0 bridgehead atoms. The third kappa shape index (κ3) is 3.69. The molecule has 0 unspecified atom stereocenters. The van der Waals surface area contributed by atoms with Gasteiger partial charge in [-0.1, -0.05) is 41.9 Å². The van der Waals surface area contributed by atoms with E-state index >= 15 is 0 Å². The van der Waals surface area contributed by atoms with Crippen LogP contribution >= 0.6 is 11.6 Å². The molecule has 7 heteroatoms. The molecule has 0 radical (unpaired) electrons. The lowest BCUT2D eigenvalue weighted by Gasteiger charge is -2.18. The topological polar surface area (TPSA) is 75.3 Å². The van der Waals surface area contributed by atoms with E-state index < -0.39 is 5.60 Å². The fourth-order valence-electron chi connectivity index (χ4n) is 3.87. The molecule has 5 rings (SSSR count). The summed E-state index contributed by atoms with van der Waals surface area (Å²) in [6.07, 6.45) is 1.80. The Hall–Kier alpha value is -3.22. The molecule has 31 heavy (non-hydrogen) atoms. The predicted molar refractivity (Wildman–Crippen MR) is 122 cm³/mol. The summed E-state index contributed by atoms with van der Waals surface area (Å²) in [6, 6.07) is 17.4. The van der Waals surface area contributed by atoms with Crippen LogP contribution in [0.3, 0.4) is 0 Å². The normalized spacial score (nSPS) is 14.0. The Kier molecular flexibility index (Phi) is 4.76. The molecule has 0 atom stereocenters. The Balaban J connectivity index is 1.66. The van der Waals surface area contributed by atoms with Crippen molar-refractivity contribution in [3.05, 3.63) is 77.0 Å². The molecule has 2 aromatic rings. The average molecular weight is 432 g/mol. The molecule has 0 saturated heterocycles.